The number of amides is 1. The highest BCUT2D eigenvalue weighted by Crippen LogP contribution is 2.13. The maximum Gasteiger partial charge on any atom is 0.254 e. The largest absolute Gasteiger partial charge is 0.352 e. The molecule has 0 fully saturated rings. The van der Waals surface area contributed by atoms with Crippen molar-refractivity contribution >= 4 is 15.9 Å². The summed E-state index contributed by atoms with van der Waals surface area (Å²) in [6, 6.07) is 2.99. The van der Waals surface area contributed by atoms with Crippen molar-refractivity contribution in [2.24, 2.45) is 5.14 Å². The van der Waals surface area contributed by atoms with Gasteiger partial charge < -0.3 is 5.32 Å². The number of halogens is 1. The van der Waals surface area contributed by atoms with Gasteiger partial charge >= 0.3 is 0 Å². The smallest absolute Gasteiger partial charge is 0.254 e. The minimum absolute atomic E-state index is 0.187. The molecular formula is C13H19FN2O3S. The van der Waals surface area contributed by atoms with Crippen molar-refractivity contribution < 1.29 is 17.6 Å². The number of primary sulfonamides is 1. The van der Waals surface area contributed by atoms with Gasteiger partial charge in [0.05, 0.1) is 10.5 Å². The molecule has 7 heteroatoms. The molecule has 0 atom stereocenters. The van der Waals surface area contributed by atoms with E-state index in [9.17, 15) is 17.6 Å². The van der Waals surface area contributed by atoms with E-state index in [1.807, 2.05) is 0 Å². The fraction of sp³-hybridized carbons (Fsp3) is 0.462. The molecule has 1 aromatic carbocycles. The van der Waals surface area contributed by atoms with E-state index in [1.165, 1.54) is 0 Å². The van der Waals surface area contributed by atoms with E-state index in [2.05, 4.69) is 12.2 Å². The molecule has 0 aliphatic rings. The third kappa shape index (κ3) is 4.90. The number of nitrogens with one attached hydrogen (secondary N) is 1. The molecule has 0 aromatic heterocycles. The average molecular weight is 302 g/mol. The van der Waals surface area contributed by atoms with Crippen LogP contribution in [-0.2, 0) is 10.0 Å². The number of benzene rings is 1. The Morgan fingerprint density at radius 2 is 2.00 bits per heavy atom. The number of carbonyl (C=O) groups excluding carboxylic acids is 1. The van der Waals surface area contributed by atoms with Crippen LogP contribution in [0, 0.1) is 5.82 Å². The summed E-state index contributed by atoms with van der Waals surface area (Å²) >= 11 is 0. The van der Waals surface area contributed by atoms with Gasteiger partial charge in [0.15, 0.2) is 0 Å². The van der Waals surface area contributed by atoms with Gasteiger partial charge in [-0.2, -0.15) is 0 Å². The Morgan fingerprint density at radius 1 is 1.30 bits per heavy atom. The summed E-state index contributed by atoms with van der Waals surface area (Å²) < 4.78 is 35.8. The minimum atomic E-state index is -3.97. The second-order valence-electron chi connectivity index (χ2n) is 4.50. The lowest BCUT2D eigenvalue weighted by atomic mass is 10.2. The Labute approximate surface area is 118 Å². The number of hydrogen-bond donors (Lipinski definition) is 2. The van der Waals surface area contributed by atoms with E-state index in [1.54, 1.807) is 0 Å². The van der Waals surface area contributed by atoms with Gasteiger partial charge in [-0.1, -0.05) is 26.2 Å². The molecule has 112 valence electrons. The van der Waals surface area contributed by atoms with Crippen LogP contribution in [0.4, 0.5) is 4.39 Å². The lowest BCUT2D eigenvalue weighted by molar-refractivity contribution is 0.0948. The zero-order valence-corrected chi connectivity index (χ0v) is 12.2. The van der Waals surface area contributed by atoms with Gasteiger partial charge in [-0.05, 0) is 24.6 Å². The standard InChI is InChI=1S/C13H19FN2O3S/c1-2-3-4-5-8-16-13(17)11-7-6-10(9-12(11)14)20(15,18)19/h6-7,9H,2-5,8H2,1H3,(H,16,17)(H2,15,18,19). The number of nitrogens with two attached hydrogens (primary N) is 1. The predicted molar refractivity (Wildman–Crippen MR) is 74.2 cm³/mol. The third-order valence-electron chi connectivity index (χ3n) is 2.83. The summed E-state index contributed by atoms with van der Waals surface area (Å²) in [6.07, 6.45) is 4.02. The van der Waals surface area contributed by atoms with Gasteiger partial charge in [0.2, 0.25) is 10.0 Å². The van der Waals surface area contributed by atoms with Crippen LogP contribution in [0.2, 0.25) is 0 Å². The molecule has 5 nitrogen and oxygen atoms in total. The molecule has 3 N–H and O–H groups in total. The Kier molecular flexibility index (Phi) is 6.09. The van der Waals surface area contributed by atoms with E-state index in [-0.39, 0.29) is 10.5 Å². The van der Waals surface area contributed by atoms with Crippen LogP contribution < -0.4 is 10.5 Å². The Hall–Kier alpha value is -1.47. The molecule has 0 unspecified atom stereocenters. The molecule has 0 spiro atoms. The first-order valence-electron chi connectivity index (χ1n) is 6.46. The highest BCUT2D eigenvalue weighted by molar-refractivity contribution is 7.89. The molecule has 1 amide bonds. The van der Waals surface area contributed by atoms with E-state index < -0.39 is 21.7 Å². The van der Waals surface area contributed by atoms with Crippen LogP contribution in [0.25, 0.3) is 0 Å². The molecule has 0 bridgehead atoms. The summed E-state index contributed by atoms with van der Waals surface area (Å²) in [5.41, 5.74) is -0.187. The van der Waals surface area contributed by atoms with Crippen molar-refractivity contribution in [3.63, 3.8) is 0 Å². The average Bonchev–Trinajstić information content (AvgIpc) is 2.37. The second-order valence-corrected chi connectivity index (χ2v) is 6.06. The quantitative estimate of drug-likeness (QED) is 0.752. The van der Waals surface area contributed by atoms with Crippen LogP contribution in [0.5, 0.6) is 0 Å². The first-order chi connectivity index (χ1) is 9.36. The monoisotopic (exact) mass is 302 g/mol. The summed E-state index contributed by atoms with van der Waals surface area (Å²) in [7, 11) is -3.97. The fourth-order valence-electron chi connectivity index (χ4n) is 1.71. The number of carbonyl (C=O) groups is 1. The van der Waals surface area contributed by atoms with Crippen molar-refractivity contribution in [1.29, 1.82) is 0 Å². The van der Waals surface area contributed by atoms with E-state index in [0.717, 1.165) is 43.9 Å². The SMILES string of the molecule is CCCCCCNC(=O)c1ccc(S(N)(=O)=O)cc1F. The van der Waals surface area contributed by atoms with Crippen molar-refractivity contribution in [3.8, 4) is 0 Å². The van der Waals surface area contributed by atoms with Crippen LogP contribution in [0.1, 0.15) is 43.0 Å². The van der Waals surface area contributed by atoms with Gasteiger partial charge in [0.25, 0.3) is 5.91 Å². The lowest BCUT2D eigenvalue weighted by Gasteiger charge is -2.07. The lowest BCUT2D eigenvalue weighted by Crippen LogP contribution is -2.25. The van der Waals surface area contributed by atoms with E-state index in [0.29, 0.717) is 6.54 Å². The van der Waals surface area contributed by atoms with Crippen molar-refractivity contribution in [2.45, 2.75) is 37.5 Å². The maximum absolute atomic E-state index is 13.7. The molecule has 1 rings (SSSR count). The Morgan fingerprint density at radius 3 is 2.55 bits per heavy atom. The van der Waals surface area contributed by atoms with Gasteiger partial charge in [-0.3, -0.25) is 4.79 Å². The number of hydrogen-bond acceptors (Lipinski definition) is 3. The van der Waals surface area contributed by atoms with Gasteiger partial charge in [0, 0.05) is 6.54 Å². The minimum Gasteiger partial charge on any atom is -0.352 e. The molecule has 0 aliphatic carbocycles. The predicted octanol–water partition coefficient (Wildman–Crippen LogP) is 1.78. The highest BCUT2D eigenvalue weighted by Gasteiger charge is 2.15. The Bertz CT molecular complexity index is 573. The summed E-state index contributed by atoms with van der Waals surface area (Å²) in [5.74, 6) is -1.46. The molecule has 0 saturated heterocycles. The van der Waals surface area contributed by atoms with Gasteiger partial charge in [0.1, 0.15) is 5.82 Å². The number of unbranched alkanes of at least 4 members (excludes halogenated alkanes) is 3. The summed E-state index contributed by atoms with van der Waals surface area (Å²) in [4.78, 5) is 11.4. The molecule has 1 aromatic rings. The topological polar surface area (TPSA) is 89.3 Å². The van der Waals surface area contributed by atoms with Gasteiger partial charge in [-0.25, -0.2) is 17.9 Å². The van der Waals surface area contributed by atoms with Crippen LogP contribution in [0.3, 0.4) is 0 Å². The first-order valence-corrected chi connectivity index (χ1v) is 8.01. The fourth-order valence-corrected chi connectivity index (χ4v) is 2.23. The summed E-state index contributed by atoms with van der Waals surface area (Å²) in [5, 5.41) is 7.48. The number of sulfonamides is 1. The normalized spacial score (nSPS) is 11.3. The van der Waals surface area contributed by atoms with E-state index in [4.69, 9.17) is 5.14 Å². The van der Waals surface area contributed by atoms with Crippen molar-refractivity contribution in [1.82, 2.24) is 5.32 Å². The Balaban J connectivity index is 2.65. The number of rotatable bonds is 7. The summed E-state index contributed by atoms with van der Waals surface area (Å²) in [6.45, 7) is 2.55. The molecule has 0 radical (unpaired) electrons. The van der Waals surface area contributed by atoms with Crippen LogP contribution in [-0.4, -0.2) is 20.9 Å². The first kappa shape index (κ1) is 16.6. The maximum atomic E-state index is 13.7. The highest BCUT2D eigenvalue weighted by atomic mass is 32.2. The van der Waals surface area contributed by atoms with Gasteiger partial charge in [-0.15, -0.1) is 0 Å². The molecule has 0 saturated carbocycles. The molecule has 0 aliphatic heterocycles. The molecule has 20 heavy (non-hydrogen) atoms. The van der Waals surface area contributed by atoms with Crippen LogP contribution >= 0.6 is 0 Å². The zero-order chi connectivity index (χ0) is 15.2. The second kappa shape index (κ2) is 7.35. The van der Waals surface area contributed by atoms with Crippen molar-refractivity contribution in [3.05, 3.63) is 29.6 Å². The molecular weight excluding hydrogens is 283 g/mol. The van der Waals surface area contributed by atoms with Crippen LogP contribution in [0.15, 0.2) is 23.1 Å². The van der Waals surface area contributed by atoms with E-state index >= 15 is 0 Å². The zero-order valence-electron chi connectivity index (χ0n) is 11.4. The molecule has 0 heterocycles. The third-order valence-corrected chi connectivity index (χ3v) is 3.74. The van der Waals surface area contributed by atoms with Crippen molar-refractivity contribution in [2.75, 3.05) is 6.54 Å².